The van der Waals surface area contributed by atoms with Crippen molar-refractivity contribution in [3.63, 3.8) is 0 Å². The van der Waals surface area contributed by atoms with Crippen molar-refractivity contribution in [2.75, 3.05) is 5.32 Å². The van der Waals surface area contributed by atoms with Crippen LogP contribution in [0.4, 0.5) is 5.69 Å². The largest absolute Gasteiger partial charge is 0.384 e. The summed E-state index contributed by atoms with van der Waals surface area (Å²) in [4.78, 5) is 17.5. The zero-order valence-corrected chi connectivity index (χ0v) is 23.5. The monoisotopic (exact) mass is 577 g/mol. The van der Waals surface area contributed by atoms with E-state index in [2.05, 4.69) is 9.88 Å². The first-order valence-corrected chi connectivity index (χ1v) is 11.6. The summed E-state index contributed by atoms with van der Waals surface area (Å²) in [5.74, 6) is 0.783. The van der Waals surface area contributed by atoms with E-state index in [0.717, 1.165) is 52.0 Å². The van der Waals surface area contributed by atoms with Gasteiger partial charge in [0.2, 0.25) is 5.91 Å². The van der Waals surface area contributed by atoms with Crippen LogP contribution in [0.15, 0.2) is 66.7 Å². The third-order valence-corrected chi connectivity index (χ3v) is 6.19. The number of halogens is 3. The molecule has 4 rings (SSSR count). The Labute approximate surface area is 241 Å². The minimum Gasteiger partial charge on any atom is -0.384 e. The zero-order chi connectivity index (χ0) is 24.9. The van der Waals surface area contributed by atoms with Crippen LogP contribution in [0.1, 0.15) is 28.1 Å². The Kier molecular flexibility index (Phi) is 12.7. The third-order valence-electron chi connectivity index (χ3n) is 6.19. The number of fused-ring (bicyclic) bond motifs is 1. The molecular formula is C27H34Cl3N7O. The molecule has 3 aromatic carbocycles. The van der Waals surface area contributed by atoms with Gasteiger partial charge in [0.05, 0.1) is 17.1 Å². The molecule has 0 saturated carbocycles. The van der Waals surface area contributed by atoms with E-state index in [1.807, 2.05) is 73.8 Å². The van der Waals surface area contributed by atoms with Gasteiger partial charge in [-0.3, -0.25) is 10.2 Å². The Morgan fingerprint density at radius 3 is 2.16 bits per heavy atom. The van der Waals surface area contributed by atoms with Gasteiger partial charge in [-0.05, 0) is 47.7 Å². The predicted molar refractivity (Wildman–Crippen MR) is 162 cm³/mol. The highest BCUT2D eigenvalue weighted by atomic mass is 35.5. The second kappa shape index (κ2) is 14.7. The normalized spacial score (nSPS) is 11.0. The Hall–Kier alpha value is -3.14. The first kappa shape index (κ1) is 32.9. The highest BCUT2D eigenvalue weighted by molar-refractivity contribution is 5.96. The summed E-state index contributed by atoms with van der Waals surface area (Å²) < 4.78 is 2.07. The number of nitrogens with two attached hydrogens (primary N) is 3. The van der Waals surface area contributed by atoms with Crippen LogP contribution in [0.2, 0.25) is 0 Å². The molecule has 0 aliphatic heterocycles. The molecule has 1 amide bonds. The van der Waals surface area contributed by atoms with E-state index in [-0.39, 0.29) is 49.0 Å². The lowest BCUT2D eigenvalue weighted by Gasteiger charge is -2.13. The molecule has 0 bridgehead atoms. The third kappa shape index (κ3) is 7.93. The molecule has 11 heteroatoms. The van der Waals surface area contributed by atoms with Gasteiger partial charge in [-0.2, -0.15) is 0 Å². The lowest BCUT2D eigenvalue weighted by Crippen LogP contribution is -2.37. The molecule has 1 unspecified atom stereocenters. The minimum atomic E-state index is -0.664. The summed E-state index contributed by atoms with van der Waals surface area (Å²) in [6.45, 7) is 0.485. The highest BCUT2D eigenvalue weighted by Gasteiger charge is 2.16. The van der Waals surface area contributed by atoms with Crippen molar-refractivity contribution in [1.29, 1.82) is 5.41 Å². The summed E-state index contributed by atoms with van der Waals surface area (Å²) >= 11 is 0. The van der Waals surface area contributed by atoms with Gasteiger partial charge in [-0.1, -0.05) is 48.5 Å². The fourth-order valence-electron chi connectivity index (χ4n) is 4.05. The average Bonchev–Trinajstić information content (AvgIpc) is 3.18. The van der Waals surface area contributed by atoms with E-state index in [9.17, 15) is 4.79 Å². The van der Waals surface area contributed by atoms with Crippen LogP contribution < -0.4 is 22.5 Å². The molecule has 0 saturated heterocycles. The number of rotatable bonds is 9. The van der Waals surface area contributed by atoms with Crippen LogP contribution in [0, 0.1) is 5.41 Å². The lowest BCUT2D eigenvalue weighted by molar-refractivity contribution is -0.117. The Bertz CT molecular complexity index is 1360. The number of nitrogens with one attached hydrogen (secondary N) is 2. The van der Waals surface area contributed by atoms with Crippen molar-refractivity contribution in [1.82, 2.24) is 9.55 Å². The number of hydrogen-bond donors (Lipinski definition) is 5. The molecule has 1 atom stereocenters. The van der Waals surface area contributed by atoms with Gasteiger partial charge >= 0.3 is 0 Å². The lowest BCUT2D eigenvalue weighted by atomic mass is 10.0. The van der Waals surface area contributed by atoms with Crippen LogP contribution in [-0.4, -0.2) is 27.3 Å². The van der Waals surface area contributed by atoms with Crippen molar-refractivity contribution in [3.05, 3.63) is 94.8 Å². The van der Waals surface area contributed by atoms with Gasteiger partial charge < -0.3 is 27.1 Å². The minimum absolute atomic E-state index is 0. The molecule has 8 N–H and O–H groups in total. The van der Waals surface area contributed by atoms with E-state index in [4.69, 9.17) is 27.6 Å². The first-order chi connectivity index (χ1) is 16.8. The topological polar surface area (TPSA) is 149 Å². The van der Waals surface area contributed by atoms with Crippen molar-refractivity contribution < 1.29 is 4.79 Å². The second-order valence-corrected chi connectivity index (χ2v) is 8.72. The maximum Gasteiger partial charge on any atom is 0.241 e. The molecule has 0 aliphatic carbocycles. The van der Waals surface area contributed by atoms with Crippen LogP contribution >= 0.6 is 37.2 Å². The van der Waals surface area contributed by atoms with Gasteiger partial charge in [0.1, 0.15) is 11.7 Å². The highest BCUT2D eigenvalue weighted by Crippen LogP contribution is 2.21. The molecule has 0 fully saturated rings. The van der Waals surface area contributed by atoms with E-state index in [1.165, 1.54) is 0 Å². The van der Waals surface area contributed by atoms with Crippen molar-refractivity contribution in [3.8, 4) is 0 Å². The number of nitrogen functional groups attached to an aromatic ring is 1. The molecule has 38 heavy (non-hydrogen) atoms. The van der Waals surface area contributed by atoms with Gasteiger partial charge in [-0.25, -0.2) is 4.98 Å². The number of benzene rings is 3. The van der Waals surface area contributed by atoms with Crippen LogP contribution in [0.25, 0.3) is 11.0 Å². The van der Waals surface area contributed by atoms with E-state index >= 15 is 0 Å². The van der Waals surface area contributed by atoms with Crippen molar-refractivity contribution in [2.24, 2.45) is 24.2 Å². The number of amides is 1. The number of anilines is 1. The average molecular weight is 579 g/mol. The molecule has 4 aromatic rings. The molecular weight excluding hydrogens is 545 g/mol. The fraction of sp³-hybridized carbons (Fsp3) is 0.222. The number of carbonyl (C=O) groups excluding carboxylic acids is 1. The van der Waals surface area contributed by atoms with Crippen LogP contribution in [0.3, 0.4) is 0 Å². The molecule has 8 nitrogen and oxygen atoms in total. The quantitative estimate of drug-likeness (QED) is 0.151. The number of aromatic nitrogens is 2. The summed E-state index contributed by atoms with van der Waals surface area (Å²) in [5, 5.41) is 10.4. The van der Waals surface area contributed by atoms with Crippen molar-refractivity contribution in [2.45, 2.75) is 31.8 Å². The summed E-state index contributed by atoms with van der Waals surface area (Å²) in [6, 6.07) is 20.6. The summed E-state index contributed by atoms with van der Waals surface area (Å²) in [5.41, 5.74) is 23.7. The Balaban J connectivity index is 0.00000241. The number of aryl methyl sites for hydroxylation is 3. The number of carbonyl (C=O) groups is 1. The van der Waals surface area contributed by atoms with E-state index in [1.54, 1.807) is 0 Å². The molecule has 1 heterocycles. The number of nitrogens with zero attached hydrogens (tertiary/aromatic N) is 2. The molecule has 0 aliphatic rings. The van der Waals surface area contributed by atoms with Crippen molar-refractivity contribution >= 4 is 65.7 Å². The van der Waals surface area contributed by atoms with Gasteiger partial charge in [0, 0.05) is 31.3 Å². The Morgan fingerprint density at radius 2 is 1.55 bits per heavy atom. The maximum absolute atomic E-state index is 12.7. The van der Waals surface area contributed by atoms with E-state index < -0.39 is 6.04 Å². The second-order valence-electron chi connectivity index (χ2n) is 8.72. The standard InChI is InChI=1S/C27H31N7O.3ClH/c1-34-24-12-11-21(32-27(35)22(29)14-18-2-4-19(16-28)5-3-18)15-23(24)33-25(34)13-8-17-6-9-20(10-7-17)26(30)31;;;/h2-7,9-12,15,22H,8,13-14,16,28-29H2,1H3,(H3,30,31)(H,32,35);3*1H. The number of imidazole rings is 1. The predicted octanol–water partition coefficient (Wildman–Crippen LogP) is 3.88. The van der Waals surface area contributed by atoms with Gasteiger partial charge in [0.25, 0.3) is 0 Å². The number of hydrogen-bond acceptors (Lipinski definition) is 5. The van der Waals surface area contributed by atoms with Gasteiger partial charge in [-0.15, -0.1) is 37.2 Å². The molecule has 0 spiro atoms. The Morgan fingerprint density at radius 1 is 0.947 bits per heavy atom. The molecule has 0 radical (unpaired) electrons. The summed E-state index contributed by atoms with van der Waals surface area (Å²) in [6.07, 6.45) is 2.03. The first-order valence-electron chi connectivity index (χ1n) is 11.6. The smallest absolute Gasteiger partial charge is 0.241 e. The molecule has 1 aromatic heterocycles. The maximum atomic E-state index is 12.7. The SMILES string of the molecule is Cl.Cl.Cl.Cn1c(CCc2ccc(C(=N)N)cc2)nc2cc(NC(=O)C(N)Cc3ccc(CN)cc3)ccc21. The summed E-state index contributed by atoms with van der Waals surface area (Å²) in [7, 11) is 1.99. The van der Waals surface area contributed by atoms with E-state index in [0.29, 0.717) is 18.7 Å². The number of amidine groups is 1. The van der Waals surface area contributed by atoms with Gasteiger partial charge in [0.15, 0.2) is 0 Å². The molecule has 204 valence electrons. The fourth-order valence-corrected chi connectivity index (χ4v) is 4.05. The van der Waals surface area contributed by atoms with Crippen LogP contribution in [0.5, 0.6) is 0 Å². The zero-order valence-electron chi connectivity index (χ0n) is 21.0. The van der Waals surface area contributed by atoms with Crippen LogP contribution in [-0.2, 0) is 37.6 Å².